The van der Waals surface area contributed by atoms with Gasteiger partial charge in [0.2, 0.25) is 15.9 Å². The van der Waals surface area contributed by atoms with Gasteiger partial charge in [0.1, 0.15) is 12.4 Å². The third kappa shape index (κ3) is 4.26. The quantitative estimate of drug-likeness (QED) is 0.726. The molecule has 3 N–H and O–H groups in total. The number of benzene rings is 1. The van der Waals surface area contributed by atoms with Crippen LogP contribution in [0.5, 0.6) is 0 Å². The van der Waals surface area contributed by atoms with Crippen molar-refractivity contribution in [2.45, 2.75) is 11.8 Å². The number of nitrogens with zero attached hydrogens (tertiary/aromatic N) is 1. The minimum atomic E-state index is -4.04. The van der Waals surface area contributed by atoms with Gasteiger partial charge >= 0.3 is 0 Å². The van der Waals surface area contributed by atoms with Gasteiger partial charge in [0.15, 0.2) is 0 Å². The van der Waals surface area contributed by atoms with Crippen LogP contribution in [0.1, 0.15) is 12.5 Å². The normalized spacial score (nSPS) is 11.0. The summed E-state index contributed by atoms with van der Waals surface area (Å²) in [4.78, 5) is 10.7. The fraction of sp³-hybridized carbons (Fsp3) is 0.308. The number of amides is 1. The Morgan fingerprint density at radius 2 is 2.14 bits per heavy atom. The second kappa shape index (κ2) is 7.17. The largest absolute Gasteiger partial charge is 0.384 e. The van der Waals surface area contributed by atoms with Crippen LogP contribution < -0.4 is 5.73 Å². The molecule has 0 atom stereocenters. The monoisotopic (exact) mass is 314 g/mol. The lowest BCUT2D eigenvalue weighted by Gasteiger charge is -2.19. The minimum absolute atomic E-state index is 0.0233. The Bertz CT molecular complexity index is 692. The third-order valence-electron chi connectivity index (χ3n) is 2.55. The first-order chi connectivity index (χ1) is 9.82. The van der Waals surface area contributed by atoms with Crippen molar-refractivity contribution in [3.63, 3.8) is 0 Å². The van der Waals surface area contributed by atoms with Gasteiger partial charge in [0, 0.05) is 12.1 Å². The van der Waals surface area contributed by atoms with Crippen LogP contribution in [0.2, 0.25) is 0 Å². The first-order valence-electron chi connectivity index (χ1n) is 6.00. The van der Waals surface area contributed by atoms with E-state index in [1.54, 1.807) is 6.92 Å². The fourth-order valence-electron chi connectivity index (χ4n) is 1.64. The van der Waals surface area contributed by atoms with E-state index < -0.39 is 34.9 Å². The molecule has 0 heterocycles. The van der Waals surface area contributed by atoms with Gasteiger partial charge in [0.05, 0.1) is 11.4 Å². The molecule has 0 aliphatic rings. The molecule has 21 heavy (non-hydrogen) atoms. The van der Waals surface area contributed by atoms with Crippen LogP contribution in [0, 0.1) is 17.7 Å². The summed E-state index contributed by atoms with van der Waals surface area (Å²) in [5, 5.41) is 8.68. The molecule has 1 aromatic carbocycles. The summed E-state index contributed by atoms with van der Waals surface area (Å²) in [7, 11) is -4.04. The Morgan fingerprint density at radius 3 is 2.67 bits per heavy atom. The number of rotatable bonds is 5. The summed E-state index contributed by atoms with van der Waals surface area (Å²) < 4.78 is 39.0. The number of hydrogen-bond acceptors (Lipinski definition) is 4. The number of nitrogens with two attached hydrogens (primary N) is 1. The molecule has 0 spiro atoms. The summed E-state index contributed by atoms with van der Waals surface area (Å²) in [5.74, 6) is 3.19. The maximum absolute atomic E-state index is 13.2. The van der Waals surface area contributed by atoms with E-state index in [0.29, 0.717) is 0 Å². The van der Waals surface area contributed by atoms with E-state index in [1.165, 1.54) is 0 Å². The lowest BCUT2D eigenvalue weighted by molar-refractivity contribution is -0.118. The molecule has 0 radical (unpaired) electrons. The number of hydrogen-bond donors (Lipinski definition) is 2. The molecule has 0 bridgehead atoms. The van der Waals surface area contributed by atoms with Crippen molar-refractivity contribution >= 4 is 15.9 Å². The average Bonchev–Trinajstić information content (AvgIpc) is 2.41. The van der Waals surface area contributed by atoms with Crippen molar-refractivity contribution in [1.29, 1.82) is 0 Å². The van der Waals surface area contributed by atoms with E-state index in [0.717, 1.165) is 22.5 Å². The van der Waals surface area contributed by atoms with Gasteiger partial charge in [-0.05, 0) is 18.2 Å². The molecular formula is C13H15FN2O4S. The standard InChI is InChI=1S/C13H15FN2O4S/c1-2-16(9-13(15)18)21(19,20)12-6-5-11(14)8-10(12)4-3-7-17/h5-6,8,17H,2,7,9H2,1H3,(H2,15,18). The first kappa shape index (κ1) is 17.1. The van der Waals surface area contributed by atoms with Gasteiger partial charge in [-0.15, -0.1) is 0 Å². The Kier molecular flexibility index (Phi) is 5.84. The molecule has 0 saturated carbocycles. The zero-order valence-corrected chi connectivity index (χ0v) is 12.2. The van der Waals surface area contributed by atoms with Crippen LogP contribution in [0.4, 0.5) is 4.39 Å². The van der Waals surface area contributed by atoms with Crippen LogP contribution >= 0.6 is 0 Å². The lowest BCUT2D eigenvalue weighted by atomic mass is 10.2. The predicted molar refractivity (Wildman–Crippen MR) is 74.0 cm³/mol. The van der Waals surface area contributed by atoms with E-state index in [2.05, 4.69) is 11.8 Å². The molecule has 0 fully saturated rings. The van der Waals surface area contributed by atoms with Crippen LogP contribution in [-0.4, -0.2) is 43.4 Å². The minimum Gasteiger partial charge on any atom is -0.384 e. The molecule has 0 aliphatic carbocycles. The molecule has 0 aliphatic heterocycles. The maximum atomic E-state index is 13.2. The molecule has 1 rings (SSSR count). The van der Waals surface area contributed by atoms with Crippen molar-refractivity contribution in [3.8, 4) is 11.8 Å². The number of carbonyl (C=O) groups excluding carboxylic acids is 1. The molecule has 8 heteroatoms. The second-order valence-electron chi connectivity index (χ2n) is 4.00. The molecule has 6 nitrogen and oxygen atoms in total. The highest BCUT2D eigenvalue weighted by Gasteiger charge is 2.26. The SMILES string of the molecule is CCN(CC(N)=O)S(=O)(=O)c1ccc(F)cc1C#CCO. The van der Waals surface area contributed by atoms with Crippen LogP contribution in [0.15, 0.2) is 23.1 Å². The molecule has 1 amide bonds. The lowest BCUT2D eigenvalue weighted by Crippen LogP contribution is -2.38. The van der Waals surface area contributed by atoms with Crippen LogP contribution in [0.25, 0.3) is 0 Å². The summed E-state index contributed by atoms with van der Waals surface area (Å²) in [5.41, 5.74) is 4.93. The zero-order chi connectivity index (χ0) is 16.0. The van der Waals surface area contributed by atoms with Gasteiger partial charge in [-0.1, -0.05) is 18.8 Å². The average molecular weight is 314 g/mol. The first-order valence-corrected chi connectivity index (χ1v) is 7.44. The Balaban J connectivity index is 3.39. The van der Waals surface area contributed by atoms with Gasteiger partial charge in [-0.25, -0.2) is 12.8 Å². The Morgan fingerprint density at radius 1 is 1.48 bits per heavy atom. The molecule has 0 unspecified atom stereocenters. The summed E-state index contributed by atoms with van der Waals surface area (Å²) in [6.07, 6.45) is 0. The van der Waals surface area contributed by atoms with E-state index in [-0.39, 0.29) is 17.0 Å². The smallest absolute Gasteiger partial charge is 0.244 e. The van der Waals surface area contributed by atoms with Crippen molar-refractivity contribution in [2.75, 3.05) is 19.7 Å². The number of halogens is 1. The highest BCUT2D eigenvalue weighted by Crippen LogP contribution is 2.20. The number of primary amides is 1. The molecule has 0 aromatic heterocycles. The van der Waals surface area contributed by atoms with Crippen LogP contribution in [0.3, 0.4) is 0 Å². The second-order valence-corrected chi connectivity index (χ2v) is 5.90. The van der Waals surface area contributed by atoms with Gasteiger partial charge in [-0.3, -0.25) is 4.79 Å². The molecule has 114 valence electrons. The van der Waals surface area contributed by atoms with E-state index in [1.807, 2.05) is 0 Å². The zero-order valence-electron chi connectivity index (χ0n) is 11.3. The topological polar surface area (TPSA) is 101 Å². The summed E-state index contributed by atoms with van der Waals surface area (Å²) >= 11 is 0. The Labute approximate surface area is 122 Å². The van der Waals surface area contributed by atoms with Crippen molar-refractivity contribution in [2.24, 2.45) is 5.73 Å². The van der Waals surface area contributed by atoms with E-state index in [4.69, 9.17) is 10.8 Å². The Hall–Kier alpha value is -1.95. The number of sulfonamides is 1. The predicted octanol–water partition coefficient (Wildman–Crippen LogP) is -0.335. The number of likely N-dealkylation sites (N-methyl/N-ethyl adjacent to an activating group) is 1. The summed E-state index contributed by atoms with van der Waals surface area (Å²) in [6, 6.07) is 3.00. The molecule has 0 saturated heterocycles. The fourth-order valence-corrected chi connectivity index (χ4v) is 3.18. The van der Waals surface area contributed by atoms with Crippen molar-refractivity contribution in [1.82, 2.24) is 4.31 Å². The number of aliphatic hydroxyl groups is 1. The number of carbonyl (C=O) groups is 1. The van der Waals surface area contributed by atoms with Gasteiger partial charge < -0.3 is 10.8 Å². The van der Waals surface area contributed by atoms with Crippen molar-refractivity contribution in [3.05, 3.63) is 29.6 Å². The van der Waals surface area contributed by atoms with Crippen molar-refractivity contribution < 1.29 is 22.7 Å². The van der Waals surface area contributed by atoms with Gasteiger partial charge in [0.25, 0.3) is 0 Å². The number of aliphatic hydroxyl groups excluding tert-OH is 1. The van der Waals surface area contributed by atoms with Crippen LogP contribution in [-0.2, 0) is 14.8 Å². The maximum Gasteiger partial charge on any atom is 0.244 e. The van der Waals surface area contributed by atoms with E-state index >= 15 is 0 Å². The van der Waals surface area contributed by atoms with Gasteiger partial charge in [-0.2, -0.15) is 4.31 Å². The molecule has 1 aromatic rings. The third-order valence-corrected chi connectivity index (χ3v) is 4.53. The highest BCUT2D eigenvalue weighted by atomic mass is 32.2. The highest BCUT2D eigenvalue weighted by molar-refractivity contribution is 7.89. The molecular weight excluding hydrogens is 299 g/mol. The summed E-state index contributed by atoms with van der Waals surface area (Å²) in [6.45, 7) is 0.594. The van der Waals surface area contributed by atoms with E-state index in [9.17, 15) is 17.6 Å².